The third-order valence-corrected chi connectivity index (χ3v) is 6.25. The second kappa shape index (κ2) is 9.86. The van der Waals surface area contributed by atoms with E-state index in [-0.39, 0.29) is 30.8 Å². The van der Waals surface area contributed by atoms with Gasteiger partial charge in [-0.1, -0.05) is 84.4 Å². The van der Waals surface area contributed by atoms with Crippen molar-refractivity contribution in [3.63, 3.8) is 0 Å². The molecule has 0 N–H and O–H groups in total. The van der Waals surface area contributed by atoms with Crippen LogP contribution in [0.1, 0.15) is 47.1 Å². The molecule has 1 amide bonds. The minimum atomic E-state index is -0.368. The van der Waals surface area contributed by atoms with E-state index < -0.39 is 0 Å². The topological polar surface area (TPSA) is 46.6 Å². The third kappa shape index (κ3) is 5.06. The van der Waals surface area contributed by atoms with Crippen molar-refractivity contribution in [2.24, 2.45) is 0 Å². The summed E-state index contributed by atoms with van der Waals surface area (Å²) in [5.41, 5.74) is 6.36. The van der Waals surface area contributed by atoms with Gasteiger partial charge in [-0.3, -0.25) is 4.79 Å². The molecule has 4 rings (SSSR count). The molecule has 168 valence electrons. The Morgan fingerprint density at radius 3 is 2.21 bits per heavy atom. The fourth-order valence-electron chi connectivity index (χ4n) is 4.44. The van der Waals surface area contributed by atoms with Gasteiger partial charge in [-0.05, 0) is 43.0 Å². The van der Waals surface area contributed by atoms with Crippen LogP contribution in [-0.4, -0.2) is 16.8 Å². The fourth-order valence-corrected chi connectivity index (χ4v) is 4.44. The summed E-state index contributed by atoms with van der Waals surface area (Å²) < 4.78 is 5.76. The standard InChI is InChI=1S/C29H29NO3/c1-20-14-15-21(2)25(16-20)26-17-27(31)30(18-23-10-6-4-7-11-23)22(3)28(26)29(32)33-19-24-12-8-5-9-13-24/h4-16,26H,17-19H2,1-3H3. The fraction of sp³-hybridized carbons (Fsp3) is 0.241. The Labute approximate surface area is 195 Å². The monoisotopic (exact) mass is 439 g/mol. The van der Waals surface area contributed by atoms with E-state index in [4.69, 9.17) is 4.74 Å². The molecule has 1 unspecified atom stereocenters. The number of hydrogen-bond donors (Lipinski definition) is 0. The average Bonchev–Trinajstić information content (AvgIpc) is 2.83. The smallest absolute Gasteiger partial charge is 0.336 e. The van der Waals surface area contributed by atoms with Crippen molar-refractivity contribution in [3.8, 4) is 0 Å². The highest BCUT2D eigenvalue weighted by Crippen LogP contribution is 2.39. The summed E-state index contributed by atoms with van der Waals surface area (Å²) in [7, 11) is 0. The number of nitrogens with zero attached hydrogens (tertiary/aromatic N) is 1. The molecule has 0 saturated heterocycles. The first-order valence-corrected chi connectivity index (χ1v) is 11.3. The SMILES string of the molecule is CC1=C(C(=O)OCc2ccccc2)C(c2cc(C)ccc2C)CC(=O)N1Cc1ccccc1. The number of aryl methyl sites for hydroxylation is 2. The maximum atomic E-state index is 13.4. The van der Waals surface area contributed by atoms with Crippen molar-refractivity contribution in [3.05, 3.63) is 118 Å². The van der Waals surface area contributed by atoms with Crippen LogP contribution in [0.15, 0.2) is 90.1 Å². The van der Waals surface area contributed by atoms with Crippen LogP contribution in [0.2, 0.25) is 0 Å². The van der Waals surface area contributed by atoms with Crippen LogP contribution in [0.25, 0.3) is 0 Å². The van der Waals surface area contributed by atoms with Crippen LogP contribution in [0.4, 0.5) is 0 Å². The van der Waals surface area contributed by atoms with Crippen molar-refractivity contribution in [1.82, 2.24) is 4.90 Å². The van der Waals surface area contributed by atoms with Gasteiger partial charge < -0.3 is 9.64 Å². The number of esters is 1. The summed E-state index contributed by atoms with van der Waals surface area (Å²) >= 11 is 0. The van der Waals surface area contributed by atoms with E-state index in [9.17, 15) is 9.59 Å². The lowest BCUT2D eigenvalue weighted by Crippen LogP contribution is -2.38. The van der Waals surface area contributed by atoms with Crippen LogP contribution >= 0.6 is 0 Å². The lowest BCUT2D eigenvalue weighted by atomic mass is 9.81. The number of carbonyl (C=O) groups is 2. The van der Waals surface area contributed by atoms with E-state index >= 15 is 0 Å². The van der Waals surface area contributed by atoms with Gasteiger partial charge in [-0.25, -0.2) is 4.79 Å². The van der Waals surface area contributed by atoms with Gasteiger partial charge in [-0.2, -0.15) is 0 Å². The van der Waals surface area contributed by atoms with Gasteiger partial charge in [-0.15, -0.1) is 0 Å². The molecule has 0 radical (unpaired) electrons. The maximum Gasteiger partial charge on any atom is 0.336 e. The van der Waals surface area contributed by atoms with Gasteiger partial charge in [0.1, 0.15) is 6.61 Å². The lowest BCUT2D eigenvalue weighted by molar-refractivity contribution is -0.141. The van der Waals surface area contributed by atoms with Crippen molar-refractivity contribution in [1.29, 1.82) is 0 Å². The van der Waals surface area contributed by atoms with Crippen LogP contribution in [-0.2, 0) is 27.5 Å². The predicted molar refractivity (Wildman–Crippen MR) is 129 cm³/mol. The number of rotatable bonds is 6. The molecule has 0 saturated carbocycles. The summed E-state index contributed by atoms with van der Waals surface area (Å²) in [4.78, 5) is 28.4. The zero-order valence-corrected chi connectivity index (χ0v) is 19.4. The molecular weight excluding hydrogens is 410 g/mol. The maximum absolute atomic E-state index is 13.4. The molecular formula is C29H29NO3. The molecule has 1 aliphatic rings. The molecule has 1 aliphatic heterocycles. The first-order valence-electron chi connectivity index (χ1n) is 11.3. The lowest BCUT2D eigenvalue weighted by Gasteiger charge is -2.35. The quantitative estimate of drug-likeness (QED) is 0.454. The summed E-state index contributed by atoms with van der Waals surface area (Å²) in [5.74, 6) is -0.678. The number of hydrogen-bond acceptors (Lipinski definition) is 3. The van der Waals surface area contributed by atoms with Crippen LogP contribution in [0.5, 0.6) is 0 Å². The van der Waals surface area contributed by atoms with Gasteiger partial charge in [0.05, 0.1) is 12.1 Å². The Hall–Kier alpha value is -3.66. The summed E-state index contributed by atoms with van der Waals surface area (Å²) in [6.45, 7) is 6.54. The summed E-state index contributed by atoms with van der Waals surface area (Å²) in [6, 6.07) is 25.7. The molecule has 0 fully saturated rings. The first kappa shape index (κ1) is 22.5. The molecule has 33 heavy (non-hydrogen) atoms. The molecule has 3 aromatic rings. The minimum Gasteiger partial charge on any atom is -0.457 e. The van der Waals surface area contributed by atoms with E-state index in [1.54, 1.807) is 4.90 Å². The van der Waals surface area contributed by atoms with E-state index in [0.717, 1.165) is 27.8 Å². The van der Waals surface area contributed by atoms with Gasteiger partial charge in [0, 0.05) is 18.0 Å². The Balaban J connectivity index is 1.72. The van der Waals surface area contributed by atoms with Gasteiger partial charge in [0.15, 0.2) is 0 Å². The van der Waals surface area contributed by atoms with Crippen LogP contribution in [0.3, 0.4) is 0 Å². The predicted octanol–water partition coefficient (Wildman–Crippen LogP) is 5.84. The minimum absolute atomic E-state index is 0.0156. The Morgan fingerprint density at radius 2 is 1.55 bits per heavy atom. The van der Waals surface area contributed by atoms with E-state index in [1.807, 2.05) is 87.5 Å². The normalized spacial score (nSPS) is 16.2. The Morgan fingerprint density at radius 1 is 0.909 bits per heavy atom. The molecule has 4 heteroatoms. The van der Waals surface area contributed by atoms with Gasteiger partial charge in [0.2, 0.25) is 5.91 Å². The zero-order valence-electron chi connectivity index (χ0n) is 19.4. The van der Waals surface area contributed by atoms with Gasteiger partial charge in [0.25, 0.3) is 0 Å². The number of allylic oxidation sites excluding steroid dienone is 1. The zero-order chi connectivity index (χ0) is 23.4. The van der Waals surface area contributed by atoms with Crippen molar-refractivity contribution < 1.29 is 14.3 Å². The van der Waals surface area contributed by atoms with Crippen molar-refractivity contribution >= 4 is 11.9 Å². The van der Waals surface area contributed by atoms with Crippen molar-refractivity contribution in [2.75, 3.05) is 0 Å². The molecule has 1 heterocycles. The van der Waals surface area contributed by atoms with E-state index in [0.29, 0.717) is 17.8 Å². The van der Waals surface area contributed by atoms with Gasteiger partial charge >= 0.3 is 5.97 Å². The average molecular weight is 440 g/mol. The van der Waals surface area contributed by atoms with E-state index in [1.165, 1.54) is 0 Å². The molecule has 0 aliphatic carbocycles. The molecule has 0 aromatic heterocycles. The van der Waals surface area contributed by atoms with Crippen LogP contribution < -0.4 is 0 Å². The van der Waals surface area contributed by atoms with E-state index in [2.05, 4.69) is 12.1 Å². The third-order valence-electron chi connectivity index (χ3n) is 6.25. The number of benzene rings is 3. The highest BCUT2D eigenvalue weighted by Gasteiger charge is 2.37. The second-order valence-corrected chi connectivity index (χ2v) is 8.64. The highest BCUT2D eigenvalue weighted by atomic mass is 16.5. The first-order chi connectivity index (χ1) is 15.9. The van der Waals surface area contributed by atoms with Crippen LogP contribution in [0, 0.1) is 13.8 Å². The summed E-state index contributed by atoms with van der Waals surface area (Å²) in [6.07, 6.45) is 0.240. The summed E-state index contributed by atoms with van der Waals surface area (Å²) in [5, 5.41) is 0. The Bertz CT molecular complexity index is 1180. The van der Waals surface area contributed by atoms with Crippen molar-refractivity contribution in [2.45, 2.75) is 46.3 Å². The molecule has 1 atom stereocenters. The molecule has 0 spiro atoms. The molecule has 0 bridgehead atoms. The number of carbonyl (C=O) groups excluding carboxylic acids is 2. The molecule has 4 nitrogen and oxygen atoms in total. The second-order valence-electron chi connectivity index (χ2n) is 8.64. The number of ether oxygens (including phenoxy) is 1. The largest absolute Gasteiger partial charge is 0.457 e. The highest BCUT2D eigenvalue weighted by molar-refractivity contribution is 5.96. The number of amides is 1. The Kier molecular flexibility index (Phi) is 6.74. The molecule has 3 aromatic carbocycles.